The van der Waals surface area contributed by atoms with E-state index in [0.29, 0.717) is 5.69 Å². The van der Waals surface area contributed by atoms with E-state index in [1.165, 1.54) is 12.1 Å². The van der Waals surface area contributed by atoms with Crippen LogP contribution in [-0.4, -0.2) is 12.5 Å². The maximum atomic E-state index is 13.4. The molecule has 0 saturated heterocycles. The Morgan fingerprint density at radius 1 is 1.29 bits per heavy atom. The lowest BCUT2D eigenvalue weighted by Crippen LogP contribution is -2.20. The van der Waals surface area contributed by atoms with Crippen molar-refractivity contribution in [1.29, 1.82) is 5.26 Å². The highest BCUT2D eigenvalue weighted by Gasteiger charge is 2.11. The highest BCUT2D eigenvalue weighted by Crippen LogP contribution is 2.22. The van der Waals surface area contributed by atoms with Crippen molar-refractivity contribution in [2.24, 2.45) is 0 Å². The van der Waals surface area contributed by atoms with Crippen molar-refractivity contribution in [3.8, 4) is 11.8 Å². The van der Waals surface area contributed by atoms with Gasteiger partial charge in [-0.15, -0.1) is 0 Å². The minimum atomic E-state index is -0.679. The molecule has 1 N–H and O–H groups in total. The van der Waals surface area contributed by atoms with Gasteiger partial charge in [0, 0.05) is 4.47 Å². The molecule has 0 unspecified atom stereocenters. The molecule has 0 heterocycles. The summed E-state index contributed by atoms with van der Waals surface area (Å²) in [4.78, 5) is 11.8. The van der Waals surface area contributed by atoms with Crippen LogP contribution < -0.4 is 10.1 Å². The van der Waals surface area contributed by atoms with Gasteiger partial charge in [0.25, 0.3) is 5.91 Å². The molecule has 0 aromatic heterocycles. The van der Waals surface area contributed by atoms with E-state index in [0.717, 1.165) is 10.5 Å². The Morgan fingerprint density at radius 3 is 2.76 bits per heavy atom. The highest BCUT2D eigenvalue weighted by atomic mass is 79.9. The number of carbonyl (C=O) groups excluding carboxylic acids is 1. The number of ether oxygens (including phenoxy) is 1. The van der Waals surface area contributed by atoms with Gasteiger partial charge in [0.2, 0.25) is 0 Å². The summed E-state index contributed by atoms with van der Waals surface area (Å²) in [7, 11) is 0. The first-order valence-corrected chi connectivity index (χ1v) is 6.77. The van der Waals surface area contributed by atoms with Crippen molar-refractivity contribution >= 4 is 27.5 Å². The Bertz CT molecular complexity index is 713. The number of carbonyl (C=O) groups is 1. The van der Waals surface area contributed by atoms with E-state index in [2.05, 4.69) is 21.2 Å². The van der Waals surface area contributed by atoms with E-state index in [9.17, 15) is 9.18 Å². The van der Waals surface area contributed by atoms with Crippen LogP contribution in [0.1, 0.15) is 5.56 Å². The minimum absolute atomic E-state index is 0.0415. The van der Waals surface area contributed by atoms with E-state index in [-0.39, 0.29) is 17.9 Å². The van der Waals surface area contributed by atoms with Crippen LogP contribution in [0.25, 0.3) is 0 Å². The van der Waals surface area contributed by atoms with Gasteiger partial charge >= 0.3 is 0 Å². The lowest BCUT2D eigenvalue weighted by atomic mass is 10.2. The molecule has 0 fully saturated rings. The van der Waals surface area contributed by atoms with Crippen LogP contribution in [0.5, 0.6) is 5.75 Å². The molecular formula is C15H10BrFN2O2. The average Bonchev–Trinajstić information content (AvgIpc) is 2.47. The van der Waals surface area contributed by atoms with Crippen molar-refractivity contribution in [2.45, 2.75) is 0 Å². The number of nitrogens with one attached hydrogen (secondary N) is 1. The molecule has 21 heavy (non-hydrogen) atoms. The van der Waals surface area contributed by atoms with Gasteiger partial charge < -0.3 is 10.1 Å². The molecule has 0 radical (unpaired) electrons. The molecule has 6 heteroatoms. The van der Waals surface area contributed by atoms with Crippen LogP contribution in [-0.2, 0) is 4.79 Å². The fraction of sp³-hybridized carbons (Fsp3) is 0.0667. The molecule has 0 saturated carbocycles. The summed E-state index contributed by atoms with van der Waals surface area (Å²) in [6.07, 6.45) is 0. The second-order valence-electron chi connectivity index (χ2n) is 4.04. The van der Waals surface area contributed by atoms with Crippen LogP contribution in [0.3, 0.4) is 0 Å². The molecule has 0 aliphatic heterocycles. The number of para-hydroxylation sites is 1. The number of rotatable bonds is 4. The number of hydrogen-bond donors (Lipinski definition) is 1. The zero-order valence-corrected chi connectivity index (χ0v) is 12.4. The van der Waals surface area contributed by atoms with E-state index in [1.54, 1.807) is 24.3 Å². The number of hydrogen-bond acceptors (Lipinski definition) is 3. The largest absolute Gasteiger partial charge is 0.482 e. The van der Waals surface area contributed by atoms with Crippen LogP contribution in [0.2, 0.25) is 0 Å². The van der Waals surface area contributed by atoms with Gasteiger partial charge in [0.05, 0.1) is 5.69 Å². The zero-order chi connectivity index (χ0) is 15.2. The monoisotopic (exact) mass is 348 g/mol. The Hall–Kier alpha value is -2.39. The van der Waals surface area contributed by atoms with Gasteiger partial charge in [-0.3, -0.25) is 4.79 Å². The predicted octanol–water partition coefficient (Wildman–Crippen LogP) is 3.48. The Balaban J connectivity index is 2.01. The number of amides is 1. The van der Waals surface area contributed by atoms with E-state index >= 15 is 0 Å². The molecular weight excluding hydrogens is 339 g/mol. The second-order valence-corrected chi connectivity index (χ2v) is 4.90. The zero-order valence-electron chi connectivity index (χ0n) is 10.8. The van der Waals surface area contributed by atoms with Gasteiger partial charge in [-0.05, 0) is 40.2 Å². The SMILES string of the molecule is N#Cc1c(F)cccc1OCC(=O)Nc1ccccc1Br. The topological polar surface area (TPSA) is 62.1 Å². The van der Waals surface area contributed by atoms with Crippen molar-refractivity contribution in [3.63, 3.8) is 0 Å². The third-order valence-corrected chi connectivity index (χ3v) is 3.29. The molecule has 106 valence electrons. The third-order valence-electron chi connectivity index (χ3n) is 2.59. The second kappa shape index (κ2) is 6.86. The summed E-state index contributed by atoms with van der Waals surface area (Å²) in [5, 5.41) is 11.5. The molecule has 0 aliphatic carbocycles. The van der Waals surface area contributed by atoms with Gasteiger partial charge in [-0.1, -0.05) is 18.2 Å². The highest BCUT2D eigenvalue weighted by molar-refractivity contribution is 9.10. The molecule has 0 aliphatic rings. The lowest BCUT2D eigenvalue weighted by molar-refractivity contribution is -0.118. The summed E-state index contributed by atoms with van der Waals surface area (Å²) >= 11 is 3.30. The maximum absolute atomic E-state index is 13.4. The number of nitrogens with zero attached hydrogens (tertiary/aromatic N) is 1. The van der Waals surface area contributed by atoms with Gasteiger partial charge in [0.15, 0.2) is 6.61 Å². The van der Waals surface area contributed by atoms with E-state index in [4.69, 9.17) is 10.00 Å². The Morgan fingerprint density at radius 2 is 2.05 bits per heavy atom. The molecule has 0 atom stereocenters. The van der Waals surface area contributed by atoms with Crippen molar-refractivity contribution in [1.82, 2.24) is 0 Å². The maximum Gasteiger partial charge on any atom is 0.262 e. The van der Waals surface area contributed by atoms with Crippen LogP contribution in [0.15, 0.2) is 46.9 Å². The first-order valence-electron chi connectivity index (χ1n) is 5.97. The number of halogens is 2. The van der Waals surface area contributed by atoms with Crippen LogP contribution >= 0.6 is 15.9 Å². The lowest BCUT2D eigenvalue weighted by Gasteiger charge is -2.09. The smallest absolute Gasteiger partial charge is 0.262 e. The van der Waals surface area contributed by atoms with E-state index in [1.807, 2.05) is 6.07 Å². The molecule has 4 nitrogen and oxygen atoms in total. The fourth-order valence-corrected chi connectivity index (χ4v) is 2.01. The molecule has 2 aromatic carbocycles. The van der Waals surface area contributed by atoms with Crippen molar-refractivity contribution in [2.75, 3.05) is 11.9 Å². The molecule has 0 bridgehead atoms. The van der Waals surface area contributed by atoms with Crippen LogP contribution in [0, 0.1) is 17.1 Å². The molecule has 1 amide bonds. The first-order chi connectivity index (χ1) is 10.1. The summed E-state index contributed by atoms with van der Waals surface area (Å²) in [5.74, 6) is -1.05. The summed E-state index contributed by atoms with van der Waals surface area (Å²) in [6.45, 7) is -0.320. The van der Waals surface area contributed by atoms with Crippen molar-refractivity contribution < 1.29 is 13.9 Å². The number of anilines is 1. The van der Waals surface area contributed by atoms with Gasteiger partial charge in [0.1, 0.15) is 23.2 Å². The normalized spacial score (nSPS) is 9.76. The quantitative estimate of drug-likeness (QED) is 0.919. The summed E-state index contributed by atoms with van der Waals surface area (Å²) in [5.41, 5.74) is 0.386. The predicted molar refractivity (Wildman–Crippen MR) is 79.4 cm³/mol. The number of nitriles is 1. The third kappa shape index (κ3) is 3.80. The minimum Gasteiger partial charge on any atom is -0.482 e. The molecule has 0 spiro atoms. The van der Waals surface area contributed by atoms with Crippen LogP contribution in [0.4, 0.5) is 10.1 Å². The molecule has 2 aromatic rings. The molecule has 2 rings (SSSR count). The standard InChI is InChI=1S/C15H10BrFN2O2/c16-11-4-1-2-6-13(11)19-15(20)9-21-14-7-3-5-12(17)10(14)8-18/h1-7H,9H2,(H,19,20). The Kier molecular flexibility index (Phi) is 4.90. The fourth-order valence-electron chi connectivity index (χ4n) is 1.63. The summed E-state index contributed by atoms with van der Waals surface area (Å²) < 4.78 is 19.3. The van der Waals surface area contributed by atoms with Gasteiger partial charge in [-0.25, -0.2) is 4.39 Å². The van der Waals surface area contributed by atoms with Crippen molar-refractivity contribution in [3.05, 3.63) is 58.3 Å². The van der Waals surface area contributed by atoms with E-state index < -0.39 is 11.7 Å². The Labute approximate surface area is 129 Å². The number of benzene rings is 2. The average molecular weight is 349 g/mol. The first kappa shape index (κ1) is 15.0. The summed E-state index contributed by atoms with van der Waals surface area (Å²) in [6, 6.07) is 12.8. The van der Waals surface area contributed by atoms with Gasteiger partial charge in [-0.2, -0.15) is 5.26 Å².